The summed E-state index contributed by atoms with van der Waals surface area (Å²) < 4.78 is 29.4. The van der Waals surface area contributed by atoms with Crippen LogP contribution in [-0.2, 0) is 26.2 Å². The van der Waals surface area contributed by atoms with E-state index < -0.39 is 38.8 Å². The van der Waals surface area contributed by atoms with Crippen LogP contribution in [-0.4, -0.2) is 79.5 Å². The molecule has 1 aromatic carbocycles. The summed E-state index contributed by atoms with van der Waals surface area (Å²) in [6.07, 6.45) is 1.53. The molecule has 0 unspecified atom stereocenters. The van der Waals surface area contributed by atoms with E-state index in [4.69, 9.17) is 5.73 Å². The number of carbonyl (C=O) groups is 2. The maximum absolute atomic E-state index is 13.6. The Balaban J connectivity index is 1.91. The second-order valence-corrected chi connectivity index (χ2v) is 10.7. The third-order valence-corrected chi connectivity index (χ3v) is 7.92. The number of hydrogen-bond donors (Lipinski definition) is 2. The second-order valence-electron chi connectivity index (χ2n) is 8.11. The highest BCUT2D eigenvalue weighted by molar-refractivity contribution is 7.87. The molecule has 0 aliphatic carbocycles. The van der Waals surface area contributed by atoms with E-state index in [2.05, 4.69) is 9.71 Å². The Bertz CT molecular complexity index is 1050. The number of likely N-dealkylation sites (N-methyl/N-ethyl adjacent to an activating group) is 1. The highest BCUT2D eigenvalue weighted by atomic mass is 32.2. The second kappa shape index (κ2) is 10.2. The minimum atomic E-state index is -4.09. The summed E-state index contributed by atoms with van der Waals surface area (Å²) in [6, 6.07) is 6.68. The van der Waals surface area contributed by atoms with E-state index in [1.54, 1.807) is 29.6 Å². The summed E-state index contributed by atoms with van der Waals surface area (Å²) in [4.78, 5) is 30.8. The van der Waals surface area contributed by atoms with Crippen LogP contribution in [0.2, 0.25) is 0 Å². The number of piperazine rings is 1. The first kappa shape index (κ1) is 25.2. The molecule has 11 nitrogen and oxygen atoms in total. The molecule has 13 heteroatoms. The Morgan fingerprint density at radius 2 is 1.94 bits per heavy atom. The van der Waals surface area contributed by atoms with Gasteiger partial charge in [0.05, 0.1) is 33.2 Å². The normalized spacial score (nSPS) is 18.4. The van der Waals surface area contributed by atoms with Crippen molar-refractivity contribution in [2.24, 2.45) is 5.73 Å². The fourth-order valence-electron chi connectivity index (χ4n) is 3.47. The Morgan fingerprint density at radius 1 is 1.30 bits per heavy atom. The maximum Gasteiger partial charge on any atom is 0.280 e. The van der Waals surface area contributed by atoms with Gasteiger partial charge in [0.15, 0.2) is 5.13 Å². The molecule has 33 heavy (non-hydrogen) atoms. The Labute approximate surface area is 197 Å². The molecule has 1 saturated heterocycles. The smallest absolute Gasteiger partial charge is 0.280 e. The van der Waals surface area contributed by atoms with Crippen molar-refractivity contribution in [3.8, 4) is 0 Å². The van der Waals surface area contributed by atoms with Crippen molar-refractivity contribution in [2.45, 2.75) is 25.4 Å². The third-order valence-electron chi connectivity index (χ3n) is 5.52. The Hall–Kier alpha value is -2.42. The van der Waals surface area contributed by atoms with Crippen LogP contribution >= 0.6 is 11.3 Å². The van der Waals surface area contributed by atoms with E-state index in [0.717, 1.165) is 21.8 Å². The minimum Gasteiger partial charge on any atom is -0.633 e. The molecule has 2 amide bonds. The third kappa shape index (κ3) is 6.34. The van der Waals surface area contributed by atoms with Gasteiger partial charge in [0.25, 0.3) is 10.2 Å². The van der Waals surface area contributed by atoms with Gasteiger partial charge in [0, 0.05) is 11.6 Å². The number of nitrogens with two attached hydrogens (primary N) is 1. The summed E-state index contributed by atoms with van der Waals surface area (Å²) in [7, 11) is -2.60. The van der Waals surface area contributed by atoms with E-state index in [9.17, 15) is 23.2 Å². The van der Waals surface area contributed by atoms with E-state index in [0.29, 0.717) is 0 Å². The molecule has 1 aromatic heterocycles. The van der Waals surface area contributed by atoms with Crippen molar-refractivity contribution in [1.82, 2.24) is 14.0 Å². The summed E-state index contributed by atoms with van der Waals surface area (Å²) in [6.45, 7) is 1.77. The molecular formula is C20H28N6O5S2. The van der Waals surface area contributed by atoms with Crippen LogP contribution in [0.25, 0.3) is 0 Å². The topological polar surface area (TPSA) is 149 Å². The van der Waals surface area contributed by atoms with Crippen molar-refractivity contribution in [1.29, 1.82) is 0 Å². The monoisotopic (exact) mass is 496 g/mol. The number of aromatic nitrogens is 1. The van der Waals surface area contributed by atoms with Gasteiger partial charge in [-0.25, -0.2) is 4.98 Å². The first-order valence-corrected chi connectivity index (χ1v) is 12.7. The molecule has 1 aliphatic heterocycles. The number of rotatable bonds is 9. The van der Waals surface area contributed by atoms with Gasteiger partial charge in [0.1, 0.15) is 12.1 Å². The van der Waals surface area contributed by atoms with Gasteiger partial charge in [-0.2, -0.15) is 17.4 Å². The molecule has 3 N–H and O–H groups in total. The first-order chi connectivity index (χ1) is 15.5. The van der Waals surface area contributed by atoms with Crippen LogP contribution in [0.4, 0.5) is 5.13 Å². The number of thiazole rings is 1. The van der Waals surface area contributed by atoms with Crippen molar-refractivity contribution < 1.29 is 22.7 Å². The number of nitrogens with zero attached hydrogens (tertiary/aromatic N) is 4. The van der Waals surface area contributed by atoms with Crippen LogP contribution < -0.4 is 15.4 Å². The zero-order valence-corrected chi connectivity index (χ0v) is 20.1. The summed E-state index contributed by atoms with van der Waals surface area (Å²) in [5.41, 5.74) is 6.20. The molecule has 0 radical (unpaired) electrons. The number of primary amides is 1. The number of quaternary nitrogens is 1. The number of benzene rings is 1. The van der Waals surface area contributed by atoms with Gasteiger partial charge in [-0.05, 0) is 18.9 Å². The molecule has 180 valence electrons. The number of hydroxylamine groups is 3. The number of anilines is 1. The molecule has 0 spiro atoms. The largest absolute Gasteiger partial charge is 0.633 e. The highest BCUT2D eigenvalue weighted by Gasteiger charge is 2.38. The quantitative estimate of drug-likeness (QED) is 0.370. The van der Waals surface area contributed by atoms with Crippen molar-refractivity contribution >= 4 is 38.5 Å². The van der Waals surface area contributed by atoms with E-state index in [1.165, 1.54) is 24.5 Å². The number of carbonyl (C=O) groups excluding carboxylic acids is 2. The number of amides is 2. The van der Waals surface area contributed by atoms with Gasteiger partial charge in [-0.3, -0.25) is 14.5 Å². The zero-order chi connectivity index (χ0) is 24.2. The maximum atomic E-state index is 13.6. The molecule has 0 bridgehead atoms. The lowest BCUT2D eigenvalue weighted by Crippen LogP contribution is -2.60. The van der Waals surface area contributed by atoms with Crippen LogP contribution in [0.15, 0.2) is 41.9 Å². The van der Waals surface area contributed by atoms with E-state index in [-0.39, 0.29) is 37.7 Å². The van der Waals surface area contributed by atoms with Gasteiger partial charge in [-0.1, -0.05) is 30.3 Å². The molecule has 2 heterocycles. The van der Waals surface area contributed by atoms with Crippen LogP contribution in [0.1, 0.15) is 12.5 Å². The highest BCUT2D eigenvalue weighted by Crippen LogP contribution is 2.23. The molecule has 2 aromatic rings. The van der Waals surface area contributed by atoms with Crippen molar-refractivity contribution in [3.63, 3.8) is 0 Å². The fraction of sp³-hybridized carbons (Fsp3) is 0.450. The van der Waals surface area contributed by atoms with Crippen LogP contribution in [0.5, 0.6) is 0 Å². The molecule has 1 fully saturated rings. The van der Waals surface area contributed by atoms with Crippen molar-refractivity contribution in [3.05, 3.63) is 52.7 Å². The van der Waals surface area contributed by atoms with Gasteiger partial charge < -0.3 is 15.6 Å². The summed E-state index contributed by atoms with van der Waals surface area (Å²) >= 11 is 1.14. The predicted octanol–water partition coefficient (Wildman–Crippen LogP) is 0.0556. The average Bonchev–Trinajstić information content (AvgIpc) is 3.28. The van der Waals surface area contributed by atoms with E-state index in [1.807, 2.05) is 6.07 Å². The molecule has 0 saturated carbocycles. The Morgan fingerprint density at radius 3 is 2.48 bits per heavy atom. The lowest BCUT2D eigenvalue weighted by molar-refractivity contribution is -0.864. The Kier molecular flexibility index (Phi) is 7.82. The number of nitrogens with one attached hydrogen (secondary N) is 1. The zero-order valence-electron chi connectivity index (χ0n) is 18.5. The summed E-state index contributed by atoms with van der Waals surface area (Å²) in [5.74, 6) is -1.39. The molecule has 3 rings (SSSR count). The SMILES string of the molecule is C[C@@H](C(N)=O)N(C(=O)[C@H](Cc1ccccc1)NS(=O)(=O)N1CC[N+](C)([O-])CC1)c1nccs1. The predicted molar refractivity (Wildman–Crippen MR) is 125 cm³/mol. The van der Waals surface area contributed by atoms with Crippen LogP contribution in [0, 0.1) is 5.21 Å². The minimum absolute atomic E-state index is 0.0372. The number of hydrogen-bond acceptors (Lipinski definition) is 7. The van der Waals surface area contributed by atoms with E-state index >= 15 is 0 Å². The lowest BCUT2D eigenvalue weighted by Gasteiger charge is -2.44. The molecular weight excluding hydrogens is 468 g/mol. The fourth-order valence-corrected chi connectivity index (χ4v) is 5.54. The van der Waals surface area contributed by atoms with Crippen molar-refractivity contribution in [2.75, 3.05) is 38.1 Å². The average molecular weight is 497 g/mol. The van der Waals surface area contributed by atoms with Gasteiger partial charge in [-0.15, -0.1) is 11.3 Å². The van der Waals surface area contributed by atoms with Gasteiger partial charge >= 0.3 is 0 Å². The standard InChI is InChI=1S/C20H28N6O5S2/c1-15(18(21)27)25(20-22-8-13-32-20)19(28)17(14-16-6-4-3-5-7-16)23-33(30,31)24-9-11-26(2,29)12-10-24/h3-8,13,15,17,23H,9-12,14H2,1-2H3,(H2,21,27)/t15-,17-/m0/s1. The lowest BCUT2D eigenvalue weighted by atomic mass is 10.1. The first-order valence-electron chi connectivity index (χ1n) is 10.4. The van der Waals surface area contributed by atoms with Gasteiger partial charge in [0.2, 0.25) is 11.8 Å². The summed E-state index contributed by atoms with van der Waals surface area (Å²) in [5, 5.41) is 14.0. The molecule has 1 aliphatic rings. The molecule has 2 atom stereocenters. The van der Waals surface area contributed by atoms with Crippen LogP contribution in [0.3, 0.4) is 0 Å².